The van der Waals surface area contributed by atoms with Crippen LogP contribution in [-0.2, 0) is 25.9 Å². The maximum Gasteiger partial charge on any atom is 0.433 e. The van der Waals surface area contributed by atoms with Gasteiger partial charge in [0, 0.05) is 24.9 Å². The second kappa shape index (κ2) is 12.4. The Bertz CT molecular complexity index is 1570. The molecule has 42 heavy (non-hydrogen) atoms. The number of aromatic nitrogens is 5. The van der Waals surface area contributed by atoms with E-state index in [0.717, 1.165) is 61.6 Å². The molecule has 6 nitrogen and oxygen atoms in total. The maximum absolute atomic E-state index is 13.7. The van der Waals surface area contributed by atoms with Crippen LogP contribution in [0.25, 0.3) is 11.3 Å². The predicted octanol–water partition coefficient (Wildman–Crippen LogP) is 7.14. The van der Waals surface area contributed by atoms with Crippen LogP contribution in [0, 0.1) is 11.6 Å². The highest BCUT2D eigenvalue weighted by Crippen LogP contribution is 2.38. The van der Waals surface area contributed by atoms with Crippen molar-refractivity contribution in [1.82, 2.24) is 24.5 Å². The number of rotatable bonds is 4. The zero-order valence-electron chi connectivity index (χ0n) is 22.2. The number of alkyl halides is 6. The highest BCUT2D eigenvalue weighted by atomic mass is 19.4. The van der Waals surface area contributed by atoms with Crippen LogP contribution in [0.2, 0.25) is 0 Å². The van der Waals surface area contributed by atoms with Gasteiger partial charge in [-0.05, 0) is 49.1 Å². The van der Waals surface area contributed by atoms with Crippen LogP contribution < -0.4 is 5.56 Å². The first kappa shape index (κ1) is 30.8. The van der Waals surface area contributed by atoms with E-state index in [-0.39, 0.29) is 22.7 Å². The first-order valence-electron chi connectivity index (χ1n) is 12.9. The summed E-state index contributed by atoms with van der Waals surface area (Å²) in [5.41, 5.74) is -3.46. The van der Waals surface area contributed by atoms with E-state index in [9.17, 15) is 39.9 Å². The minimum absolute atomic E-state index is 0.176. The van der Waals surface area contributed by atoms with Crippen molar-refractivity contribution in [2.24, 2.45) is 7.05 Å². The van der Waals surface area contributed by atoms with Gasteiger partial charge in [0.25, 0.3) is 5.56 Å². The van der Waals surface area contributed by atoms with Gasteiger partial charge < -0.3 is 0 Å². The van der Waals surface area contributed by atoms with E-state index in [4.69, 9.17) is 0 Å². The molecule has 1 saturated carbocycles. The first-order chi connectivity index (χ1) is 19.8. The van der Waals surface area contributed by atoms with Gasteiger partial charge in [0.05, 0.1) is 35.3 Å². The average molecular weight is 600 g/mol. The van der Waals surface area contributed by atoms with Crippen molar-refractivity contribution in [2.75, 3.05) is 0 Å². The van der Waals surface area contributed by atoms with Gasteiger partial charge in [-0.2, -0.15) is 36.5 Å². The average Bonchev–Trinajstić information content (AvgIpc) is 3.32. The lowest BCUT2D eigenvalue weighted by atomic mass is 9.84. The molecule has 1 aliphatic carbocycles. The van der Waals surface area contributed by atoms with Crippen molar-refractivity contribution in [2.45, 2.75) is 56.9 Å². The molecule has 1 fully saturated rings. The van der Waals surface area contributed by atoms with Gasteiger partial charge in [0.2, 0.25) is 0 Å². The molecule has 0 amide bonds. The second-order valence-corrected chi connectivity index (χ2v) is 9.75. The standard InChI is InChI=1S/C22H21F6N5O.C6H4F2/c1-32-19(22(26,27)28)15(11-30-32)17-10-14(13-6-3-2-4-7-13)20(34)33(31-17)12-18-16(21(23,24)25)8-5-9-29-18;7-5-2-1-3-6(8)4-5/h5,8-11,13H,2-4,6-7,12H2,1H3;1-4H. The van der Waals surface area contributed by atoms with Gasteiger partial charge in [-0.3, -0.25) is 14.5 Å². The summed E-state index contributed by atoms with van der Waals surface area (Å²) in [5.74, 6) is -1.29. The topological polar surface area (TPSA) is 65.6 Å². The van der Waals surface area contributed by atoms with E-state index in [0.29, 0.717) is 17.5 Å². The molecule has 1 aromatic carbocycles. The lowest BCUT2D eigenvalue weighted by Crippen LogP contribution is -2.30. The number of aryl methyl sites for hydroxylation is 1. The monoisotopic (exact) mass is 599 g/mol. The molecule has 14 heteroatoms. The Balaban J connectivity index is 0.000000437. The number of nitrogens with zero attached hydrogens (tertiary/aromatic N) is 5. The first-order valence-corrected chi connectivity index (χ1v) is 12.9. The summed E-state index contributed by atoms with van der Waals surface area (Å²) in [6.45, 7) is -0.635. The third-order valence-corrected chi connectivity index (χ3v) is 6.81. The van der Waals surface area contributed by atoms with Gasteiger partial charge in [0.15, 0.2) is 5.69 Å². The van der Waals surface area contributed by atoms with Gasteiger partial charge in [-0.1, -0.05) is 25.3 Å². The molecule has 4 aromatic rings. The van der Waals surface area contributed by atoms with Gasteiger partial charge in [-0.25, -0.2) is 13.5 Å². The van der Waals surface area contributed by atoms with Crippen molar-refractivity contribution in [3.63, 3.8) is 0 Å². The van der Waals surface area contributed by atoms with E-state index in [1.165, 1.54) is 24.3 Å². The molecule has 0 atom stereocenters. The van der Waals surface area contributed by atoms with E-state index < -0.39 is 53.0 Å². The van der Waals surface area contributed by atoms with Crippen molar-refractivity contribution >= 4 is 0 Å². The Labute approximate surface area is 234 Å². The molecule has 0 spiro atoms. The Hall–Kier alpha value is -4.10. The molecule has 0 saturated heterocycles. The molecular formula is C28H25F8N5O. The third kappa shape index (κ3) is 7.21. The predicted molar refractivity (Wildman–Crippen MR) is 136 cm³/mol. The van der Waals surface area contributed by atoms with Gasteiger partial charge in [-0.15, -0.1) is 0 Å². The smallest absolute Gasteiger partial charge is 0.267 e. The summed E-state index contributed by atoms with van der Waals surface area (Å²) in [7, 11) is 1.13. The van der Waals surface area contributed by atoms with Gasteiger partial charge in [0.1, 0.15) is 11.6 Å². The molecule has 0 unspecified atom stereocenters. The third-order valence-electron chi connectivity index (χ3n) is 6.81. The van der Waals surface area contributed by atoms with Crippen LogP contribution in [0.15, 0.2) is 59.7 Å². The Morgan fingerprint density at radius 2 is 1.57 bits per heavy atom. The minimum Gasteiger partial charge on any atom is -0.267 e. The molecule has 1 aliphatic rings. The summed E-state index contributed by atoms with van der Waals surface area (Å²) < 4.78 is 107. The van der Waals surface area contributed by atoms with Gasteiger partial charge >= 0.3 is 12.4 Å². The van der Waals surface area contributed by atoms with E-state index >= 15 is 0 Å². The lowest BCUT2D eigenvalue weighted by molar-refractivity contribution is -0.143. The summed E-state index contributed by atoms with van der Waals surface area (Å²) in [5, 5.41) is 7.74. The molecule has 3 heterocycles. The lowest BCUT2D eigenvalue weighted by Gasteiger charge is -2.23. The maximum atomic E-state index is 13.7. The van der Waals surface area contributed by atoms with E-state index in [2.05, 4.69) is 15.2 Å². The van der Waals surface area contributed by atoms with Crippen molar-refractivity contribution in [1.29, 1.82) is 0 Å². The molecule has 0 aliphatic heterocycles. The Morgan fingerprint density at radius 1 is 0.905 bits per heavy atom. The molecular weight excluding hydrogens is 574 g/mol. The van der Waals surface area contributed by atoms with Crippen LogP contribution in [0.5, 0.6) is 0 Å². The largest absolute Gasteiger partial charge is 0.433 e. The fourth-order valence-electron chi connectivity index (χ4n) is 4.89. The normalized spacial score (nSPS) is 14.4. The fourth-order valence-corrected chi connectivity index (χ4v) is 4.89. The van der Waals surface area contributed by atoms with Crippen LogP contribution in [-0.4, -0.2) is 24.5 Å². The highest BCUT2D eigenvalue weighted by molar-refractivity contribution is 5.62. The number of benzene rings is 1. The minimum atomic E-state index is -4.75. The summed E-state index contributed by atoms with van der Waals surface area (Å²) >= 11 is 0. The number of pyridine rings is 1. The molecule has 0 N–H and O–H groups in total. The molecule has 0 radical (unpaired) electrons. The van der Waals surface area contributed by atoms with E-state index in [1.54, 1.807) is 0 Å². The molecule has 224 valence electrons. The number of halogens is 8. The quantitative estimate of drug-likeness (QED) is 0.234. The Morgan fingerprint density at radius 3 is 2.14 bits per heavy atom. The molecule has 0 bridgehead atoms. The zero-order chi connectivity index (χ0) is 30.7. The molecule has 5 rings (SSSR count). The highest BCUT2D eigenvalue weighted by Gasteiger charge is 2.39. The fraction of sp³-hybridized carbons (Fsp3) is 0.357. The van der Waals surface area contributed by atoms with E-state index in [1.807, 2.05) is 0 Å². The van der Waals surface area contributed by atoms with Crippen molar-refractivity contribution in [3.05, 3.63) is 99.4 Å². The van der Waals surface area contributed by atoms with Crippen molar-refractivity contribution in [3.8, 4) is 11.3 Å². The summed E-state index contributed by atoms with van der Waals surface area (Å²) in [6.07, 6.45) is -3.32. The van der Waals surface area contributed by atoms with Crippen LogP contribution in [0.4, 0.5) is 35.1 Å². The van der Waals surface area contributed by atoms with Crippen LogP contribution in [0.1, 0.15) is 60.5 Å². The summed E-state index contributed by atoms with van der Waals surface area (Å²) in [6, 6.07) is 7.83. The SMILES string of the molecule is Cn1ncc(-c2cc(C3CCCCC3)c(=O)n(Cc3ncccc3C(F)(F)F)n2)c1C(F)(F)F.Fc1cccc(F)c1. The summed E-state index contributed by atoms with van der Waals surface area (Å²) in [4.78, 5) is 17.0. The Kier molecular flexibility index (Phi) is 9.12. The van der Waals surface area contributed by atoms with Crippen molar-refractivity contribution < 1.29 is 35.1 Å². The van der Waals surface area contributed by atoms with Crippen LogP contribution >= 0.6 is 0 Å². The zero-order valence-corrected chi connectivity index (χ0v) is 22.2. The molecule has 3 aromatic heterocycles. The number of hydrogen-bond donors (Lipinski definition) is 0. The van der Waals surface area contributed by atoms with Crippen LogP contribution in [0.3, 0.4) is 0 Å². The second-order valence-electron chi connectivity index (χ2n) is 9.75. The number of hydrogen-bond acceptors (Lipinski definition) is 4.